The molecule has 17 heavy (non-hydrogen) atoms. The predicted molar refractivity (Wildman–Crippen MR) is 74.9 cm³/mol. The van der Waals surface area contributed by atoms with Crippen LogP contribution in [0.4, 0.5) is 5.69 Å². The Hall–Kier alpha value is -0.730. The van der Waals surface area contributed by atoms with Gasteiger partial charge in [-0.05, 0) is 31.5 Å². The Labute approximate surface area is 109 Å². The molecule has 0 aromatic heterocycles. The molecule has 2 rings (SSSR count). The topological polar surface area (TPSA) is 15.3 Å². The summed E-state index contributed by atoms with van der Waals surface area (Å²) in [5.41, 5.74) is 2.55. The molecule has 1 saturated heterocycles. The summed E-state index contributed by atoms with van der Waals surface area (Å²) in [5, 5.41) is 4.11. The van der Waals surface area contributed by atoms with Crippen LogP contribution < -0.4 is 10.2 Å². The minimum absolute atomic E-state index is 0.881. The summed E-state index contributed by atoms with van der Waals surface area (Å²) >= 11 is 6.38. The maximum Gasteiger partial charge on any atom is 0.0642 e. The first-order valence-electron chi connectivity index (χ1n) is 6.50. The van der Waals surface area contributed by atoms with Gasteiger partial charge in [0.15, 0.2) is 0 Å². The van der Waals surface area contributed by atoms with Gasteiger partial charge < -0.3 is 10.2 Å². The third-order valence-corrected chi connectivity index (χ3v) is 3.66. The summed E-state index contributed by atoms with van der Waals surface area (Å²) in [6.07, 6.45) is 5.26. The highest BCUT2D eigenvalue weighted by Crippen LogP contribution is 2.31. The van der Waals surface area contributed by atoms with E-state index in [2.05, 4.69) is 16.3 Å². The van der Waals surface area contributed by atoms with E-state index in [4.69, 9.17) is 11.6 Å². The number of rotatable bonds is 3. The van der Waals surface area contributed by atoms with Gasteiger partial charge in [-0.25, -0.2) is 0 Å². The Bertz CT molecular complexity index is 357. The lowest BCUT2D eigenvalue weighted by molar-refractivity contribution is 0.726. The van der Waals surface area contributed by atoms with Crippen molar-refractivity contribution in [2.75, 3.05) is 25.0 Å². The molecule has 0 atom stereocenters. The molecule has 0 spiro atoms. The van der Waals surface area contributed by atoms with Crippen molar-refractivity contribution >= 4 is 17.3 Å². The molecule has 1 aromatic rings. The molecule has 1 N–H and O–H groups in total. The highest BCUT2D eigenvalue weighted by atomic mass is 35.5. The molecule has 1 aromatic carbocycles. The minimum atomic E-state index is 0.881. The van der Waals surface area contributed by atoms with Crippen molar-refractivity contribution in [3.63, 3.8) is 0 Å². The number of anilines is 1. The van der Waals surface area contributed by atoms with Crippen LogP contribution in [-0.4, -0.2) is 20.1 Å². The predicted octanol–water partition coefficient (Wildman–Crippen LogP) is 3.44. The first-order valence-corrected chi connectivity index (χ1v) is 6.87. The number of hydrogen-bond acceptors (Lipinski definition) is 2. The van der Waals surface area contributed by atoms with Crippen LogP contribution in [0.3, 0.4) is 0 Å². The maximum absolute atomic E-state index is 6.38. The van der Waals surface area contributed by atoms with E-state index in [9.17, 15) is 0 Å². The van der Waals surface area contributed by atoms with E-state index in [1.807, 2.05) is 19.2 Å². The Balaban J connectivity index is 2.27. The number of nitrogens with one attached hydrogen (secondary N) is 1. The number of nitrogens with zero attached hydrogens (tertiary/aromatic N) is 1. The van der Waals surface area contributed by atoms with Crippen molar-refractivity contribution in [3.8, 4) is 0 Å². The van der Waals surface area contributed by atoms with Gasteiger partial charge in [-0.2, -0.15) is 0 Å². The second-order valence-corrected chi connectivity index (χ2v) is 5.09. The van der Waals surface area contributed by atoms with Crippen LogP contribution in [0.15, 0.2) is 18.2 Å². The second kappa shape index (κ2) is 6.27. The van der Waals surface area contributed by atoms with Crippen molar-refractivity contribution in [3.05, 3.63) is 28.8 Å². The lowest BCUT2D eigenvalue weighted by Gasteiger charge is -2.26. The van der Waals surface area contributed by atoms with E-state index in [1.165, 1.54) is 36.9 Å². The average molecular weight is 253 g/mol. The number of benzene rings is 1. The standard InChI is InChI=1S/C14H21ClN2/c1-16-11-12-7-6-8-13(15)14(12)17-9-4-2-3-5-10-17/h6-8,16H,2-5,9-11H2,1H3. The van der Waals surface area contributed by atoms with E-state index >= 15 is 0 Å². The lowest BCUT2D eigenvalue weighted by atomic mass is 10.1. The van der Waals surface area contributed by atoms with Crippen LogP contribution in [0.25, 0.3) is 0 Å². The maximum atomic E-state index is 6.38. The third kappa shape index (κ3) is 3.14. The van der Waals surface area contributed by atoms with Gasteiger partial charge in [0.25, 0.3) is 0 Å². The van der Waals surface area contributed by atoms with E-state index < -0.39 is 0 Å². The number of halogens is 1. The van der Waals surface area contributed by atoms with Crippen LogP contribution in [0.5, 0.6) is 0 Å². The molecular formula is C14H21ClN2. The van der Waals surface area contributed by atoms with Gasteiger partial charge in [0.1, 0.15) is 0 Å². The molecule has 0 unspecified atom stereocenters. The number of para-hydroxylation sites is 1. The molecule has 0 saturated carbocycles. The molecule has 0 radical (unpaired) electrons. The Morgan fingerprint density at radius 2 is 1.88 bits per heavy atom. The van der Waals surface area contributed by atoms with E-state index in [-0.39, 0.29) is 0 Å². The molecule has 3 heteroatoms. The molecule has 0 aliphatic carbocycles. The van der Waals surface area contributed by atoms with Gasteiger partial charge in [-0.3, -0.25) is 0 Å². The monoisotopic (exact) mass is 252 g/mol. The van der Waals surface area contributed by atoms with Crippen LogP contribution in [0.2, 0.25) is 5.02 Å². The van der Waals surface area contributed by atoms with E-state index in [1.54, 1.807) is 0 Å². The van der Waals surface area contributed by atoms with Gasteiger partial charge in [-0.15, -0.1) is 0 Å². The smallest absolute Gasteiger partial charge is 0.0642 e. The molecule has 0 bridgehead atoms. The summed E-state index contributed by atoms with van der Waals surface area (Å²) in [5.74, 6) is 0. The van der Waals surface area contributed by atoms with Crippen molar-refractivity contribution in [2.45, 2.75) is 32.2 Å². The van der Waals surface area contributed by atoms with Gasteiger partial charge in [-0.1, -0.05) is 36.6 Å². The van der Waals surface area contributed by atoms with Gasteiger partial charge in [0.05, 0.1) is 10.7 Å². The van der Waals surface area contributed by atoms with Crippen LogP contribution in [-0.2, 0) is 6.54 Å². The van der Waals surface area contributed by atoms with E-state index in [0.717, 1.165) is 24.7 Å². The molecule has 94 valence electrons. The first kappa shape index (κ1) is 12.7. The van der Waals surface area contributed by atoms with Gasteiger partial charge in [0.2, 0.25) is 0 Å². The fraction of sp³-hybridized carbons (Fsp3) is 0.571. The van der Waals surface area contributed by atoms with Crippen molar-refractivity contribution in [1.29, 1.82) is 0 Å². The van der Waals surface area contributed by atoms with Crippen molar-refractivity contribution in [2.24, 2.45) is 0 Å². The quantitative estimate of drug-likeness (QED) is 0.887. The van der Waals surface area contributed by atoms with Gasteiger partial charge in [0, 0.05) is 19.6 Å². The zero-order chi connectivity index (χ0) is 12.1. The molecule has 1 aliphatic rings. The minimum Gasteiger partial charge on any atom is -0.370 e. The number of hydrogen-bond donors (Lipinski definition) is 1. The van der Waals surface area contributed by atoms with Crippen LogP contribution in [0, 0.1) is 0 Å². The highest BCUT2D eigenvalue weighted by molar-refractivity contribution is 6.33. The summed E-state index contributed by atoms with van der Waals surface area (Å²) < 4.78 is 0. The molecule has 0 amide bonds. The average Bonchev–Trinajstić information content (AvgIpc) is 2.58. The fourth-order valence-electron chi connectivity index (χ4n) is 2.54. The largest absolute Gasteiger partial charge is 0.370 e. The van der Waals surface area contributed by atoms with Crippen LogP contribution in [0.1, 0.15) is 31.2 Å². The fourth-order valence-corrected chi connectivity index (χ4v) is 2.86. The third-order valence-electron chi connectivity index (χ3n) is 3.36. The lowest BCUT2D eigenvalue weighted by Crippen LogP contribution is -2.26. The van der Waals surface area contributed by atoms with E-state index in [0.29, 0.717) is 0 Å². The summed E-state index contributed by atoms with van der Waals surface area (Å²) in [6.45, 7) is 3.16. The molecule has 2 nitrogen and oxygen atoms in total. The molecule has 1 heterocycles. The van der Waals surface area contributed by atoms with Gasteiger partial charge >= 0.3 is 0 Å². The van der Waals surface area contributed by atoms with Crippen molar-refractivity contribution < 1.29 is 0 Å². The van der Waals surface area contributed by atoms with Crippen LogP contribution >= 0.6 is 11.6 Å². The zero-order valence-electron chi connectivity index (χ0n) is 10.5. The molecule has 1 aliphatic heterocycles. The zero-order valence-corrected chi connectivity index (χ0v) is 11.3. The summed E-state index contributed by atoms with van der Waals surface area (Å²) in [4.78, 5) is 2.46. The first-order chi connectivity index (χ1) is 8.33. The normalized spacial score (nSPS) is 16.9. The molecule has 1 fully saturated rings. The summed E-state index contributed by atoms with van der Waals surface area (Å²) in [6, 6.07) is 6.21. The highest BCUT2D eigenvalue weighted by Gasteiger charge is 2.15. The Kier molecular flexibility index (Phi) is 4.69. The SMILES string of the molecule is CNCc1cccc(Cl)c1N1CCCCCC1. The van der Waals surface area contributed by atoms with Crippen molar-refractivity contribution in [1.82, 2.24) is 5.32 Å². The Morgan fingerprint density at radius 1 is 1.18 bits per heavy atom. The summed E-state index contributed by atoms with van der Waals surface area (Å²) in [7, 11) is 1.98. The second-order valence-electron chi connectivity index (χ2n) is 4.68. The Morgan fingerprint density at radius 3 is 2.53 bits per heavy atom. The molecular weight excluding hydrogens is 232 g/mol.